The second-order valence-electron chi connectivity index (χ2n) is 3.98. The Morgan fingerprint density at radius 3 is 2.56 bits per heavy atom. The average molecular weight is 351 g/mol. The maximum absolute atomic E-state index is 12.3. The van der Waals surface area contributed by atoms with E-state index in [2.05, 4.69) is 22.6 Å². The number of nitro groups is 1. The summed E-state index contributed by atoms with van der Waals surface area (Å²) >= 11 is 2.11. The Hall–Kier alpha value is -1.76. The smallest absolute Gasteiger partial charge is 0.270 e. The third-order valence-electron chi connectivity index (χ3n) is 2.99. The van der Waals surface area contributed by atoms with Crippen molar-refractivity contribution in [2.75, 3.05) is 0 Å². The standard InChI is InChI=1S/C13H6INO3/c14-11-3-1-2-9-8-5-4-7(15(17)18)6-10(8)13(16)12(9)11/h1-6H. The summed E-state index contributed by atoms with van der Waals surface area (Å²) in [5.74, 6) is -0.131. The van der Waals surface area contributed by atoms with Crippen molar-refractivity contribution in [1.82, 2.24) is 0 Å². The zero-order valence-corrected chi connectivity index (χ0v) is 11.2. The topological polar surface area (TPSA) is 60.2 Å². The molecule has 0 bridgehead atoms. The minimum Gasteiger partial charge on any atom is -0.289 e. The molecule has 4 nitrogen and oxygen atoms in total. The zero-order valence-electron chi connectivity index (χ0n) is 9.01. The number of rotatable bonds is 1. The number of fused-ring (bicyclic) bond motifs is 3. The van der Waals surface area contributed by atoms with Crippen molar-refractivity contribution in [2.45, 2.75) is 0 Å². The maximum atomic E-state index is 12.3. The molecule has 0 N–H and O–H groups in total. The number of nitro benzene ring substituents is 1. The first-order valence-corrected chi connectivity index (χ1v) is 6.29. The number of halogens is 1. The highest BCUT2D eigenvalue weighted by Gasteiger charge is 2.29. The van der Waals surface area contributed by atoms with Gasteiger partial charge in [0.25, 0.3) is 5.69 Å². The van der Waals surface area contributed by atoms with Gasteiger partial charge in [0, 0.05) is 26.8 Å². The molecular weight excluding hydrogens is 345 g/mol. The van der Waals surface area contributed by atoms with Crippen molar-refractivity contribution in [3.05, 3.63) is 61.2 Å². The van der Waals surface area contributed by atoms with Gasteiger partial charge in [-0.05, 0) is 45.9 Å². The SMILES string of the molecule is O=C1c2cc([N+](=O)[O-])ccc2-c2cccc(I)c21. The Balaban J connectivity index is 2.30. The van der Waals surface area contributed by atoms with E-state index in [1.165, 1.54) is 12.1 Å². The summed E-state index contributed by atoms with van der Waals surface area (Å²) in [4.78, 5) is 22.5. The first-order valence-electron chi connectivity index (χ1n) is 5.21. The molecule has 0 saturated heterocycles. The molecule has 2 aromatic carbocycles. The Kier molecular flexibility index (Phi) is 2.44. The number of non-ortho nitro benzene ring substituents is 1. The van der Waals surface area contributed by atoms with Gasteiger partial charge in [0.15, 0.2) is 5.78 Å². The van der Waals surface area contributed by atoms with Crippen LogP contribution in [0.3, 0.4) is 0 Å². The van der Waals surface area contributed by atoms with Gasteiger partial charge >= 0.3 is 0 Å². The lowest BCUT2D eigenvalue weighted by atomic mass is 10.1. The molecule has 0 heterocycles. The highest BCUT2D eigenvalue weighted by molar-refractivity contribution is 14.1. The van der Waals surface area contributed by atoms with Gasteiger partial charge in [0.1, 0.15) is 0 Å². The third kappa shape index (κ3) is 1.47. The predicted octanol–water partition coefficient (Wildman–Crippen LogP) is 3.41. The number of carbonyl (C=O) groups is 1. The molecule has 0 amide bonds. The molecule has 0 unspecified atom stereocenters. The number of benzene rings is 2. The van der Waals surface area contributed by atoms with E-state index < -0.39 is 4.92 Å². The van der Waals surface area contributed by atoms with E-state index in [9.17, 15) is 14.9 Å². The summed E-state index contributed by atoms with van der Waals surface area (Å²) in [7, 11) is 0. The van der Waals surface area contributed by atoms with Gasteiger partial charge in [-0.1, -0.05) is 12.1 Å². The van der Waals surface area contributed by atoms with E-state index in [0.717, 1.165) is 14.7 Å². The van der Waals surface area contributed by atoms with Crippen LogP contribution in [0, 0.1) is 13.7 Å². The number of hydrogen-bond acceptors (Lipinski definition) is 3. The van der Waals surface area contributed by atoms with Crippen LogP contribution in [0.4, 0.5) is 5.69 Å². The van der Waals surface area contributed by atoms with Gasteiger partial charge in [-0.3, -0.25) is 14.9 Å². The predicted molar refractivity (Wildman–Crippen MR) is 74.7 cm³/mol. The molecule has 2 aromatic rings. The van der Waals surface area contributed by atoms with Gasteiger partial charge in [-0.2, -0.15) is 0 Å². The minimum atomic E-state index is -0.485. The molecule has 1 aliphatic carbocycles. The molecule has 3 rings (SSSR count). The molecule has 1 aliphatic rings. The van der Waals surface area contributed by atoms with Crippen LogP contribution in [0.25, 0.3) is 11.1 Å². The number of nitrogens with zero attached hydrogens (tertiary/aromatic N) is 1. The molecule has 88 valence electrons. The third-order valence-corrected chi connectivity index (χ3v) is 3.89. The number of ketones is 1. The van der Waals surface area contributed by atoms with Gasteiger partial charge in [0.05, 0.1) is 4.92 Å². The van der Waals surface area contributed by atoms with Crippen molar-refractivity contribution in [3.8, 4) is 11.1 Å². The van der Waals surface area contributed by atoms with E-state index in [1.54, 1.807) is 6.07 Å². The van der Waals surface area contributed by atoms with Gasteiger partial charge < -0.3 is 0 Å². The van der Waals surface area contributed by atoms with E-state index in [4.69, 9.17) is 0 Å². The molecule has 0 radical (unpaired) electrons. The molecule has 0 aromatic heterocycles. The second kappa shape index (κ2) is 3.88. The number of hydrogen-bond donors (Lipinski definition) is 0. The summed E-state index contributed by atoms with van der Waals surface area (Å²) < 4.78 is 0.869. The molecular formula is C13H6INO3. The Labute approximate surface area is 116 Å². The fourth-order valence-electron chi connectivity index (χ4n) is 2.18. The Bertz CT molecular complexity index is 709. The van der Waals surface area contributed by atoms with Crippen LogP contribution in [0.5, 0.6) is 0 Å². The second-order valence-corrected chi connectivity index (χ2v) is 5.14. The van der Waals surface area contributed by atoms with E-state index in [-0.39, 0.29) is 11.5 Å². The summed E-state index contributed by atoms with van der Waals surface area (Å²) in [6, 6.07) is 10.0. The van der Waals surface area contributed by atoms with Crippen LogP contribution >= 0.6 is 22.6 Å². The fourth-order valence-corrected chi connectivity index (χ4v) is 2.93. The summed E-state index contributed by atoms with van der Waals surface area (Å²) in [6.45, 7) is 0. The van der Waals surface area contributed by atoms with Crippen LogP contribution in [0.2, 0.25) is 0 Å². The molecule has 18 heavy (non-hydrogen) atoms. The Morgan fingerprint density at radius 1 is 1.06 bits per heavy atom. The highest BCUT2D eigenvalue weighted by atomic mass is 127. The van der Waals surface area contributed by atoms with Crippen LogP contribution in [-0.4, -0.2) is 10.7 Å². The van der Waals surface area contributed by atoms with Crippen molar-refractivity contribution in [3.63, 3.8) is 0 Å². The number of carbonyl (C=O) groups excluding carboxylic acids is 1. The average Bonchev–Trinajstić information content (AvgIpc) is 2.64. The molecule has 0 aliphatic heterocycles. The normalized spacial score (nSPS) is 12.2. The lowest BCUT2D eigenvalue weighted by Gasteiger charge is -2.00. The van der Waals surface area contributed by atoms with Crippen LogP contribution in [-0.2, 0) is 0 Å². The molecule has 5 heteroatoms. The van der Waals surface area contributed by atoms with Crippen LogP contribution < -0.4 is 0 Å². The van der Waals surface area contributed by atoms with Crippen molar-refractivity contribution in [1.29, 1.82) is 0 Å². The Morgan fingerprint density at radius 2 is 1.83 bits per heavy atom. The molecule has 0 atom stereocenters. The quantitative estimate of drug-likeness (QED) is 0.384. The van der Waals surface area contributed by atoms with Crippen LogP contribution in [0.15, 0.2) is 36.4 Å². The first kappa shape index (κ1) is 11.3. The monoisotopic (exact) mass is 351 g/mol. The van der Waals surface area contributed by atoms with E-state index >= 15 is 0 Å². The van der Waals surface area contributed by atoms with Gasteiger partial charge in [0.2, 0.25) is 0 Å². The lowest BCUT2D eigenvalue weighted by molar-refractivity contribution is -0.384. The van der Waals surface area contributed by atoms with Gasteiger partial charge in [-0.25, -0.2) is 0 Å². The van der Waals surface area contributed by atoms with Crippen molar-refractivity contribution < 1.29 is 9.72 Å². The highest BCUT2D eigenvalue weighted by Crippen LogP contribution is 2.39. The van der Waals surface area contributed by atoms with E-state index in [0.29, 0.717) is 11.1 Å². The van der Waals surface area contributed by atoms with Crippen molar-refractivity contribution >= 4 is 34.1 Å². The van der Waals surface area contributed by atoms with Crippen LogP contribution in [0.1, 0.15) is 15.9 Å². The van der Waals surface area contributed by atoms with E-state index in [1.807, 2.05) is 18.2 Å². The molecule has 0 fully saturated rings. The lowest BCUT2D eigenvalue weighted by Crippen LogP contribution is -1.98. The first-order chi connectivity index (χ1) is 8.59. The summed E-state index contributed by atoms with van der Waals surface area (Å²) in [6.07, 6.45) is 0. The minimum absolute atomic E-state index is 0.0510. The largest absolute Gasteiger partial charge is 0.289 e. The zero-order chi connectivity index (χ0) is 12.9. The molecule has 0 spiro atoms. The van der Waals surface area contributed by atoms with Crippen molar-refractivity contribution in [2.24, 2.45) is 0 Å². The molecule has 0 saturated carbocycles. The summed E-state index contributed by atoms with van der Waals surface area (Å²) in [5, 5.41) is 10.7. The fraction of sp³-hybridized carbons (Fsp3) is 0. The summed E-state index contributed by atoms with van der Waals surface area (Å²) in [5.41, 5.74) is 2.65. The van der Waals surface area contributed by atoms with Gasteiger partial charge in [-0.15, -0.1) is 0 Å². The maximum Gasteiger partial charge on any atom is 0.270 e.